The number of aromatic amines is 1. The highest BCUT2D eigenvalue weighted by Crippen LogP contribution is 2.15. The fourth-order valence-corrected chi connectivity index (χ4v) is 1.68. The molecule has 2 heterocycles. The zero-order chi connectivity index (χ0) is 14.4. The van der Waals surface area contributed by atoms with Gasteiger partial charge in [0.1, 0.15) is 0 Å². The summed E-state index contributed by atoms with van der Waals surface area (Å²) in [4.78, 5) is 16.3. The van der Waals surface area contributed by atoms with Gasteiger partial charge in [-0.25, -0.2) is 0 Å². The molecule has 0 aliphatic carbocycles. The number of pyridine rings is 1. The average molecular weight is 275 g/mol. The van der Waals surface area contributed by atoms with Gasteiger partial charge in [-0.15, -0.1) is 10.2 Å². The van der Waals surface area contributed by atoms with E-state index in [2.05, 4.69) is 43.2 Å². The van der Waals surface area contributed by atoms with Gasteiger partial charge in [-0.2, -0.15) is 5.21 Å². The Morgan fingerprint density at radius 3 is 3.05 bits per heavy atom. The SMILES string of the molecule is CCCNc1ccncc1C(=O)NC(C)c1nn[nH]n1. The van der Waals surface area contributed by atoms with Gasteiger partial charge >= 0.3 is 0 Å². The number of nitrogens with zero attached hydrogens (tertiary/aromatic N) is 4. The Balaban J connectivity index is 2.09. The molecule has 1 unspecified atom stereocenters. The van der Waals surface area contributed by atoms with E-state index in [1.54, 1.807) is 19.2 Å². The van der Waals surface area contributed by atoms with Gasteiger partial charge in [0.25, 0.3) is 5.91 Å². The zero-order valence-electron chi connectivity index (χ0n) is 11.4. The molecule has 0 fully saturated rings. The first kappa shape index (κ1) is 13.9. The van der Waals surface area contributed by atoms with Crippen molar-refractivity contribution >= 4 is 11.6 Å². The third kappa shape index (κ3) is 3.28. The van der Waals surface area contributed by atoms with E-state index in [1.165, 1.54) is 6.20 Å². The highest BCUT2D eigenvalue weighted by Gasteiger charge is 2.17. The zero-order valence-corrected chi connectivity index (χ0v) is 11.4. The van der Waals surface area contributed by atoms with E-state index in [0.717, 1.165) is 18.7 Å². The molecule has 0 bridgehead atoms. The number of nitrogens with one attached hydrogen (secondary N) is 3. The molecule has 2 aromatic heterocycles. The van der Waals surface area contributed by atoms with Crippen molar-refractivity contribution in [3.63, 3.8) is 0 Å². The van der Waals surface area contributed by atoms with Crippen LogP contribution in [0.1, 0.15) is 42.5 Å². The van der Waals surface area contributed by atoms with E-state index in [1.807, 2.05) is 0 Å². The van der Waals surface area contributed by atoms with Crippen LogP contribution >= 0.6 is 0 Å². The number of rotatable bonds is 6. The Labute approximate surface area is 116 Å². The van der Waals surface area contributed by atoms with E-state index in [-0.39, 0.29) is 11.9 Å². The number of amides is 1. The maximum Gasteiger partial charge on any atom is 0.255 e. The molecule has 1 atom stereocenters. The van der Waals surface area contributed by atoms with Crippen molar-refractivity contribution in [3.05, 3.63) is 29.8 Å². The second-order valence-electron chi connectivity index (χ2n) is 4.31. The van der Waals surface area contributed by atoms with Crippen LogP contribution in [0, 0.1) is 0 Å². The fourth-order valence-electron chi connectivity index (χ4n) is 1.68. The second-order valence-corrected chi connectivity index (χ2v) is 4.31. The van der Waals surface area contributed by atoms with Gasteiger partial charge in [0, 0.05) is 18.9 Å². The van der Waals surface area contributed by atoms with Crippen LogP contribution in [0.15, 0.2) is 18.5 Å². The van der Waals surface area contributed by atoms with Crippen LogP contribution < -0.4 is 10.6 Å². The molecule has 0 aromatic carbocycles. The smallest absolute Gasteiger partial charge is 0.255 e. The van der Waals surface area contributed by atoms with Crippen molar-refractivity contribution in [3.8, 4) is 0 Å². The Bertz CT molecular complexity index is 555. The normalized spacial score (nSPS) is 11.9. The molecule has 0 spiro atoms. The molecule has 0 saturated heterocycles. The molecule has 0 saturated carbocycles. The number of aromatic nitrogens is 5. The molecular weight excluding hydrogens is 258 g/mol. The Kier molecular flexibility index (Phi) is 4.59. The Morgan fingerprint density at radius 1 is 1.50 bits per heavy atom. The standard InChI is InChI=1S/C12H17N7O/c1-3-5-14-10-4-6-13-7-9(10)12(20)15-8(2)11-16-18-19-17-11/h4,6-8H,3,5H2,1-2H3,(H,13,14)(H,15,20)(H,16,17,18,19). The third-order valence-electron chi connectivity index (χ3n) is 2.73. The fraction of sp³-hybridized carbons (Fsp3) is 0.417. The summed E-state index contributed by atoms with van der Waals surface area (Å²) in [6.07, 6.45) is 4.16. The van der Waals surface area contributed by atoms with Gasteiger partial charge in [0.05, 0.1) is 17.3 Å². The molecule has 0 radical (unpaired) electrons. The maximum absolute atomic E-state index is 12.3. The van der Waals surface area contributed by atoms with Crippen molar-refractivity contribution in [1.82, 2.24) is 30.9 Å². The van der Waals surface area contributed by atoms with Crippen LogP contribution in [0.2, 0.25) is 0 Å². The van der Waals surface area contributed by atoms with Crippen molar-refractivity contribution in [1.29, 1.82) is 0 Å². The average Bonchev–Trinajstić information content (AvgIpc) is 2.99. The number of anilines is 1. The second kappa shape index (κ2) is 6.60. The first-order chi connectivity index (χ1) is 9.72. The number of carbonyl (C=O) groups excluding carboxylic acids is 1. The quantitative estimate of drug-likeness (QED) is 0.723. The maximum atomic E-state index is 12.3. The van der Waals surface area contributed by atoms with Crippen LogP contribution in [0.25, 0.3) is 0 Å². The number of hydrogen-bond acceptors (Lipinski definition) is 6. The summed E-state index contributed by atoms with van der Waals surface area (Å²) >= 11 is 0. The number of tetrazole rings is 1. The van der Waals surface area contributed by atoms with Crippen molar-refractivity contribution < 1.29 is 4.79 Å². The van der Waals surface area contributed by atoms with Gasteiger partial charge in [-0.05, 0) is 19.4 Å². The van der Waals surface area contributed by atoms with Gasteiger partial charge < -0.3 is 10.6 Å². The summed E-state index contributed by atoms with van der Waals surface area (Å²) in [6, 6.07) is 1.45. The van der Waals surface area contributed by atoms with Crippen molar-refractivity contribution in [2.45, 2.75) is 26.3 Å². The molecule has 0 aliphatic heterocycles. The summed E-state index contributed by atoms with van der Waals surface area (Å²) in [6.45, 7) is 4.65. The minimum atomic E-state index is -0.333. The van der Waals surface area contributed by atoms with Gasteiger partial charge in [0.15, 0.2) is 5.82 Å². The Morgan fingerprint density at radius 2 is 2.35 bits per heavy atom. The van der Waals surface area contributed by atoms with Crippen LogP contribution in [-0.4, -0.2) is 38.1 Å². The van der Waals surface area contributed by atoms with Crippen LogP contribution in [0.5, 0.6) is 0 Å². The predicted octanol–water partition coefficient (Wildman–Crippen LogP) is 0.908. The van der Waals surface area contributed by atoms with E-state index in [0.29, 0.717) is 11.4 Å². The van der Waals surface area contributed by atoms with Crippen LogP contribution in [0.4, 0.5) is 5.69 Å². The topological polar surface area (TPSA) is 108 Å². The lowest BCUT2D eigenvalue weighted by Gasteiger charge is -2.13. The largest absolute Gasteiger partial charge is 0.384 e. The number of H-pyrrole nitrogens is 1. The predicted molar refractivity (Wildman–Crippen MR) is 73.1 cm³/mol. The number of hydrogen-bond donors (Lipinski definition) is 3. The molecule has 106 valence electrons. The van der Waals surface area contributed by atoms with Crippen LogP contribution in [0.3, 0.4) is 0 Å². The lowest BCUT2D eigenvalue weighted by Crippen LogP contribution is -2.28. The molecule has 0 aliphatic rings. The monoisotopic (exact) mass is 275 g/mol. The third-order valence-corrected chi connectivity index (χ3v) is 2.73. The van der Waals surface area contributed by atoms with E-state index in [4.69, 9.17) is 0 Å². The first-order valence-corrected chi connectivity index (χ1v) is 6.44. The minimum absolute atomic E-state index is 0.228. The van der Waals surface area contributed by atoms with Gasteiger partial charge in [-0.3, -0.25) is 9.78 Å². The lowest BCUT2D eigenvalue weighted by atomic mass is 10.2. The summed E-state index contributed by atoms with van der Waals surface area (Å²) in [5.74, 6) is 0.208. The first-order valence-electron chi connectivity index (χ1n) is 6.44. The molecule has 8 heteroatoms. The summed E-state index contributed by atoms with van der Waals surface area (Å²) < 4.78 is 0. The summed E-state index contributed by atoms with van der Waals surface area (Å²) in [5.41, 5.74) is 1.26. The highest BCUT2D eigenvalue weighted by atomic mass is 16.1. The summed E-state index contributed by atoms with van der Waals surface area (Å²) in [7, 11) is 0. The molecule has 8 nitrogen and oxygen atoms in total. The van der Waals surface area contributed by atoms with Crippen LogP contribution in [-0.2, 0) is 0 Å². The summed E-state index contributed by atoms with van der Waals surface area (Å²) in [5, 5.41) is 19.5. The molecule has 20 heavy (non-hydrogen) atoms. The minimum Gasteiger partial charge on any atom is -0.384 e. The van der Waals surface area contributed by atoms with Crippen molar-refractivity contribution in [2.24, 2.45) is 0 Å². The van der Waals surface area contributed by atoms with E-state index in [9.17, 15) is 4.79 Å². The molecular formula is C12H17N7O. The highest BCUT2D eigenvalue weighted by molar-refractivity contribution is 5.99. The lowest BCUT2D eigenvalue weighted by molar-refractivity contribution is 0.0938. The Hall–Kier alpha value is -2.51. The number of carbonyl (C=O) groups is 1. The van der Waals surface area contributed by atoms with E-state index < -0.39 is 0 Å². The molecule has 2 aromatic rings. The van der Waals surface area contributed by atoms with Gasteiger partial charge in [-0.1, -0.05) is 12.1 Å². The van der Waals surface area contributed by atoms with E-state index >= 15 is 0 Å². The molecule has 1 amide bonds. The van der Waals surface area contributed by atoms with Crippen molar-refractivity contribution in [2.75, 3.05) is 11.9 Å². The van der Waals surface area contributed by atoms with Gasteiger partial charge in [0.2, 0.25) is 0 Å². The molecule has 3 N–H and O–H groups in total. The molecule has 2 rings (SSSR count).